The van der Waals surface area contributed by atoms with Gasteiger partial charge < -0.3 is 0 Å². The van der Waals surface area contributed by atoms with Crippen LogP contribution >= 0.6 is 11.6 Å². The summed E-state index contributed by atoms with van der Waals surface area (Å²) in [5.41, 5.74) is -1.20. The topological polar surface area (TPSA) is 37.4 Å². The lowest BCUT2D eigenvalue weighted by Crippen LogP contribution is -2.37. The smallest absolute Gasteiger partial charge is 0.207 e. The molecule has 0 N–H and O–H groups in total. The second-order valence-corrected chi connectivity index (χ2v) is 7.16. The van der Waals surface area contributed by atoms with Gasteiger partial charge in [0.05, 0.1) is 10.5 Å². The lowest BCUT2D eigenvalue weighted by atomic mass is 10.1. The zero-order valence-electron chi connectivity index (χ0n) is 11.3. The Morgan fingerprint density at radius 1 is 1.38 bits per heavy atom. The zero-order chi connectivity index (χ0) is 15.8. The van der Waals surface area contributed by atoms with Crippen molar-refractivity contribution >= 4 is 21.6 Å². The minimum absolute atomic E-state index is 0.136. The van der Waals surface area contributed by atoms with Crippen LogP contribution in [0.1, 0.15) is 24.0 Å². The second-order valence-electron chi connectivity index (χ2n) is 4.99. The minimum atomic E-state index is -4.58. The summed E-state index contributed by atoms with van der Waals surface area (Å²) in [6.45, 7) is 1.47. The predicted octanol–water partition coefficient (Wildman–Crippen LogP) is 3.41. The Labute approximate surface area is 126 Å². The fraction of sp³-hybridized carbons (Fsp3) is 0.538. The first kappa shape index (κ1) is 16.6. The van der Waals surface area contributed by atoms with Crippen LogP contribution in [0.5, 0.6) is 0 Å². The summed E-state index contributed by atoms with van der Waals surface area (Å²) in [4.78, 5) is -0.297. The summed E-state index contributed by atoms with van der Waals surface area (Å²) < 4.78 is 65.1. The molecule has 0 amide bonds. The molecular formula is C13H15ClF3NO2S. The highest BCUT2D eigenvalue weighted by molar-refractivity contribution is 7.89. The van der Waals surface area contributed by atoms with E-state index in [4.69, 9.17) is 11.6 Å². The normalized spacial score (nSPS) is 20.9. The molecule has 1 fully saturated rings. The van der Waals surface area contributed by atoms with Crippen molar-refractivity contribution in [2.75, 3.05) is 12.4 Å². The molecule has 0 saturated carbocycles. The van der Waals surface area contributed by atoms with Gasteiger partial charge in [0.25, 0.3) is 0 Å². The van der Waals surface area contributed by atoms with E-state index >= 15 is 0 Å². The largest absolute Gasteiger partial charge is 0.416 e. The first-order valence-corrected chi connectivity index (χ1v) is 8.41. The van der Waals surface area contributed by atoms with E-state index in [1.165, 1.54) is 17.3 Å². The molecule has 0 aromatic heterocycles. The monoisotopic (exact) mass is 341 g/mol. The Bertz CT molecular complexity index is 631. The highest BCUT2D eigenvalue weighted by atomic mass is 35.5. The molecule has 1 heterocycles. The van der Waals surface area contributed by atoms with E-state index in [-0.39, 0.29) is 28.9 Å². The first-order chi connectivity index (χ1) is 9.69. The SMILES string of the molecule is Cc1c(C(F)(F)F)cccc1S(=O)(=O)N1CCCC1CCl. The van der Waals surface area contributed by atoms with E-state index in [1.54, 1.807) is 0 Å². The van der Waals surface area contributed by atoms with Crippen LogP contribution in [0.2, 0.25) is 0 Å². The molecule has 3 nitrogen and oxygen atoms in total. The van der Waals surface area contributed by atoms with Crippen LogP contribution in [-0.4, -0.2) is 31.2 Å². The predicted molar refractivity (Wildman–Crippen MR) is 73.8 cm³/mol. The minimum Gasteiger partial charge on any atom is -0.207 e. The van der Waals surface area contributed by atoms with Gasteiger partial charge in [-0.1, -0.05) is 6.07 Å². The maximum atomic E-state index is 12.9. The molecule has 0 spiro atoms. The molecule has 1 aliphatic rings. The third-order valence-electron chi connectivity index (χ3n) is 3.68. The van der Waals surface area contributed by atoms with E-state index in [2.05, 4.69) is 0 Å². The molecule has 21 heavy (non-hydrogen) atoms. The number of sulfonamides is 1. The van der Waals surface area contributed by atoms with Crippen LogP contribution in [0.15, 0.2) is 23.1 Å². The van der Waals surface area contributed by atoms with Crippen molar-refractivity contribution in [3.8, 4) is 0 Å². The molecule has 1 unspecified atom stereocenters. The lowest BCUT2D eigenvalue weighted by molar-refractivity contribution is -0.138. The Balaban J connectivity index is 2.51. The molecular weight excluding hydrogens is 327 g/mol. The van der Waals surface area contributed by atoms with Gasteiger partial charge in [-0.2, -0.15) is 17.5 Å². The van der Waals surface area contributed by atoms with Crippen LogP contribution < -0.4 is 0 Å². The average molecular weight is 342 g/mol. The number of rotatable bonds is 3. The van der Waals surface area contributed by atoms with Crippen LogP contribution in [0.25, 0.3) is 0 Å². The van der Waals surface area contributed by atoms with Crippen LogP contribution in [0.3, 0.4) is 0 Å². The molecule has 1 aromatic carbocycles. The fourth-order valence-electron chi connectivity index (χ4n) is 2.61. The molecule has 0 radical (unpaired) electrons. The van der Waals surface area contributed by atoms with E-state index in [9.17, 15) is 21.6 Å². The fourth-order valence-corrected chi connectivity index (χ4v) is 4.95. The molecule has 2 rings (SSSR count). The molecule has 1 aliphatic heterocycles. The Morgan fingerprint density at radius 2 is 2.05 bits per heavy atom. The van der Waals surface area contributed by atoms with Crippen molar-refractivity contribution in [2.24, 2.45) is 0 Å². The van der Waals surface area contributed by atoms with Crippen molar-refractivity contribution < 1.29 is 21.6 Å². The summed E-state index contributed by atoms with van der Waals surface area (Å²) in [6.07, 6.45) is -3.29. The molecule has 0 aliphatic carbocycles. The van der Waals surface area contributed by atoms with Crippen LogP contribution in [0.4, 0.5) is 13.2 Å². The van der Waals surface area contributed by atoms with Gasteiger partial charge >= 0.3 is 6.18 Å². The molecule has 1 saturated heterocycles. The van der Waals surface area contributed by atoms with Crippen molar-refractivity contribution in [1.29, 1.82) is 0 Å². The number of benzene rings is 1. The molecule has 0 bridgehead atoms. The van der Waals surface area contributed by atoms with Gasteiger partial charge in [-0.25, -0.2) is 8.42 Å². The first-order valence-electron chi connectivity index (χ1n) is 6.44. The maximum Gasteiger partial charge on any atom is 0.416 e. The summed E-state index contributed by atoms with van der Waals surface area (Å²) in [5, 5.41) is 0. The summed E-state index contributed by atoms with van der Waals surface area (Å²) in [5.74, 6) is 0.136. The molecule has 118 valence electrons. The lowest BCUT2D eigenvalue weighted by Gasteiger charge is -2.24. The summed E-state index contributed by atoms with van der Waals surface area (Å²) in [7, 11) is -3.96. The summed E-state index contributed by atoms with van der Waals surface area (Å²) >= 11 is 5.75. The van der Waals surface area contributed by atoms with Gasteiger partial charge in [-0.05, 0) is 37.5 Å². The summed E-state index contributed by atoms with van der Waals surface area (Å²) in [6, 6.07) is 2.86. The van der Waals surface area contributed by atoms with Gasteiger partial charge in [0.2, 0.25) is 10.0 Å². The van der Waals surface area contributed by atoms with Gasteiger partial charge in [-0.15, -0.1) is 11.6 Å². The van der Waals surface area contributed by atoms with Crippen molar-refractivity contribution in [2.45, 2.75) is 36.9 Å². The van der Waals surface area contributed by atoms with Gasteiger partial charge in [-0.3, -0.25) is 0 Å². The van der Waals surface area contributed by atoms with E-state index in [1.807, 2.05) is 0 Å². The Hall–Kier alpha value is -0.790. The average Bonchev–Trinajstić information content (AvgIpc) is 2.86. The third kappa shape index (κ3) is 3.05. The quantitative estimate of drug-likeness (QED) is 0.790. The number of nitrogens with zero attached hydrogens (tertiary/aromatic N) is 1. The van der Waals surface area contributed by atoms with Crippen molar-refractivity contribution in [3.05, 3.63) is 29.3 Å². The van der Waals surface area contributed by atoms with Gasteiger partial charge in [0.15, 0.2) is 0 Å². The maximum absolute atomic E-state index is 12.9. The molecule has 1 aromatic rings. The standard InChI is InChI=1S/C13H15ClF3NO2S/c1-9-11(13(15,16)17)5-2-6-12(9)21(19,20)18-7-3-4-10(18)8-14/h2,5-6,10H,3-4,7-8H2,1H3. The van der Waals surface area contributed by atoms with Crippen molar-refractivity contribution in [1.82, 2.24) is 4.31 Å². The number of hydrogen-bond acceptors (Lipinski definition) is 2. The second kappa shape index (κ2) is 5.78. The van der Waals surface area contributed by atoms with Crippen LogP contribution in [-0.2, 0) is 16.2 Å². The van der Waals surface area contributed by atoms with Crippen molar-refractivity contribution in [3.63, 3.8) is 0 Å². The Morgan fingerprint density at radius 3 is 2.62 bits per heavy atom. The number of alkyl halides is 4. The molecule has 1 atom stereocenters. The Kier molecular flexibility index (Phi) is 4.56. The number of hydrogen-bond donors (Lipinski definition) is 0. The van der Waals surface area contributed by atoms with E-state index < -0.39 is 21.8 Å². The molecule has 8 heteroatoms. The third-order valence-corrected chi connectivity index (χ3v) is 6.13. The zero-order valence-corrected chi connectivity index (χ0v) is 12.9. The highest BCUT2D eigenvalue weighted by Crippen LogP contribution is 2.36. The van der Waals surface area contributed by atoms with Gasteiger partial charge in [0, 0.05) is 18.5 Å². The number of halogens is 4. The highest BCUT2D eigenvalue weighted by Gasteiger charge is 2.39. The van der Waals surface area contributed by atoms with E-state index in [0.717, 1.165) is 12.1 Å². The van der Waals surface area contributed by atoms with E-state index in [0.29, 0.717) is 12.8 Å². The van der Waals surface area contributed by atoms with Gasteiger partial charge in [0.1, 0.15) is 0 Å². The van der Waals surface area contributed by atoms with Crippen LogP contribution in [0, 0.1) is 6.92 Å².